The van der Waals surface area contributed by atoms with E-state index in [0.29, 0.717) is 16.8 Å². The van der Waals surface area contributed by atoms with Crippen molar-refractivity contribution < 1.29 is 19.6 Å². The van der Waals surface area contributed by atoms with Gasteiger partial charge < -0.3 is 5.11 Å². The van der Waals surface area contributed by atoms with E-state index in [1.807, 2.05) is 6.92 Å². The maximum Gasteiger partial charge on any atom is 0.300 e. The number of amides is 1. The second-order valence-corrected chi connectivity index (χ2v) is 7.22. The molecule has 1 unspecified atom stereocenters. The van der Waals surface area contributed by atoms with Crippen molar-refractivity contribution in [2.24, 2.45) is 0 Å². The van der Waals surface area contributed by atoms with Crippen LogP contribution in [0.4, 0.5) is 11.4 Å². The van der Waals surface area contributed by atoms with Crippen molar-refractivity contribution in [1.82, 2.24) is 0 Å². The molecule has 1 amide bonds. The molecule has 4 rings (SSSR count). The van der Waals surface area contributed by atoms with Gasteiger partial charge in [0.2, 0.25) is 0 Å². The van der Waals surface area contributed by atoms with E-state index >= 15 is 0 Å². The SMILES string of the molecule is Cc1ccc(/C(O)=C2\C(=O)C(=O)N(c3ccccc3)C2c2ccc([N+](=O)[O-])cc2)cc1. The Labute approximate surface area is 178 Å². The molecule has 1 atom stereocenters. The quantitative estimate of drug-likeness (QED) is 0.222. The van der Waals surface area contributed by atoms with Gasteiger partial charge in [-0.3, -0.25) is 24.6 Å². The molecule has 3 aromatic rings. The number of ketones is 1. The highest BCUT2D eigenvalue weighted by Gasteiger charge is 2.47. The zero-order valence-corrected chi connectivity index (χ0v) is 16.6. The number of carbonyl (C=O) groups excluding carboxylic acids is 2. The van der Waals surface area contributed by atoms with E-state index in [2.05, 4.69) is 0 Å². The number of aryl methyl sites for hydroxylation is 1. The number of anilines is 1. The number of benzene rings is 3. The maximum atomic E-state index is 13.0. The van der Waals surface area contributed by atoms with E-state index in [0.717, 1.165) is 5.56 Å². The van der Waals surface area contributed by atoms with Gasteiger partial charge >= 0.3 is 0 Å². The second-order valence-electron chi connectivity index (χ2n) is 7.22. The number of rotatable bonds is 4. The summed E-state index contributed by atoms with van der Waals surface area (Å²) in [5.74, 6) is -1.88. The monoisotopic (exact) mass is 414 g/mol. The summed E-state index contributed by atoms with van der Waals surface area (Å²) in [4.78, 5) is 37.8. The fourth-order valence-electron chi connectivity index (χ4n) is 3.65. The number of non-ortho nitro benzene ring substituents is 1. The van der Waals surface area contributed by atoms with Gasteiger partial charge in [-0.25, -0.2) is 0 Å². The van der Waals surface area contributed by atoms with Crippen LogP contribution in [0.2, 0.25) is 0 Å². The first-order chi connectivity index (χ1) is 14.9. The number of aliphatic hydroxyl groups is 1. The number of nitrogens with zero attached hydrogens (tertiary/aromatic N) is 2. The van der Waals surface area contributed by atoms with Gasteiger partial charge in [-0.05, 0) is 36.8 Å². The van der Waals surface area contributed by atoms with Crippen LogP contribution >= 0.6 is 0 Å². The third-order valence-corrected chi connectivity index (χ3v) is 5.22. The number of aliphatic hydroxyl groups excluding tert-OH is 1. The number of carbonyl (C=O) groups is 2. The minimum absolute atomic E-state index is 0.0634. The summed E-state index contributed by atoms with van der Waals surface area (Å²) >= 11 is 0. The zero-order chi connectivity index (χ0) is 22.1. The van der Waals surface area contributed by atoms with E-state index in [-0.39, 0.29) is 17.0 Å². The average Bonchev–Trinajstić information content (AvgIpc) is 3.05. The highest BCUT2D eigenvalue weighted by Crippen LogP contribution is 2.42. The molecule has 31 heavy (non-hydrogen) atoms. The Balaban J connectivity index is 1.92. The van der Waals surface area contributed by atoms with Crippen LogP contribution in [0, 0.1) is 17.0 Å². The van der Waals surface area contributed by atoms with Gasteiger partial charge in [0, 0.05) is 23.4 Å². The molecule has 7 heteroatoms. The lowest BCUT2D eigenvalue weighted by molar-refractivity contribution is -0.384. The van der Waals surface area contributed by atoms with Gasteiger partial charge in [-0.15, -0.1) is 0 Å². The van der Waals surface area contributed by atoms with Gasteiger partial charge in [-0.2, -0.15) is 0 Å². The molecule has 1 heterocycles. The van der Waals surface area contributed by atoms with Crippen molar-refractivity contribution in [3.05, 3.63) is 111 Å². The molecule has 0 radical (unpaired) electrons. The topological polar surface area (TPSA) is 101 Å². The van der Waals surface area contributed by atoms with Crippen molar-refractivity contribution in [3.63, 3.8) is 0 Å². The number of para-hydroxylation sites is 1. The van der Waals surface area contributed by atoms with E-state index in [4.69, 9.17) is 0 Å². The summed E-state index contributed by atoms with van der Waals surface area (Å²) in [6.45, 7) is 1.90. The van der Waals surface area contributed by atoms with Crippen molar-refractivity contribution in [2.45, 2.75) is 13.0 Å². The Morgan fingerprint density at radius 1 is 0.935 bits per heavy atom. The fraction of sp³-hybridized carbons (Fsp3) is 0.0833. The fourth-order valence-corrected chi connectivity index (χ4v) is 3.65. The molecule has 3 aromatic carbocycles. The maximum absolute atomic E-state index is 13.0. The lowest BCUT2D eigenvalue weighted by Crippen LogP contribution is -2.29. The van der Waals surface area contributed by atoms with Crippen molar-refractivity contribution >= 4 is 28.8 Å². The molecule has 1 fully saturated rings. The Kier molecular flexibility index (Phi) is 5.09. The molecule has 0 aliphatic carbocycles. The van der Waals surface area contributed by atoms with E-state index in [1.165, 1.54) is 29.2 Å². The number of nitro groups is 1. The van der Waals surface area contributed by atoms with Crippen molar-refractivity contribution in [1.29, 1.82) is 0 Å². The normalized spacial score (nSPS) is 17.7. The summed E-state index contributed by atoms with van der Waals surface area (Å²) in [7, 11) is 0. The first kappa shape index (κ1) is 20.0. The van der Waals surface area contributed by atoms with E-state index < -0.39 is 22.7 Å². The van der Waals surface area contributed by atoms with Gasteiger partial charge in [-0.1, -0.05) is 48.0 Å². The Morgan fingerprint density at radius 2 is 1.55 bits per heavy atom. The van der Waals surface area contributed by atoms with Crippen LogP contribution in [0.5, 0.6) is 0 Å². The first-order valence-corrected chi connectivity index (χ1v) is 9.56. The van der Waals surface area contributed by atoms with Crippen LogP contribution in [0.15, 0.2) is 84.4 Å². The van der Waals surface area contributed by atoms with Gasteiger partial charge in [0.1, 0.15) is 5.76 Å². The van der Waals surface area contributed by atoms with Gasteiger partial charge in [0.05, 0.1) is 16.5 Å². The number of nitro benzene ring substituents is 1. The molecule has 0 aromatic heterocycles. The largest absolute Gasteiger partial charge is 0.507 e. The molecule has 7 nitrogen and oxygen atoms in total. The molecule has 0 bridgehead atoms. The van der Waals surface area contributed by atoms with Crippen LogP contribution in [0.3, 0.4) is 0 Å². The predicted molar refractivity (Wildman–Crippen MR) is 116 cm³/mol. The highest BCUT2D eigenvalue weighted by molar-refractivity contribution is 6.51. The molecular weight excluding hydrogens is 396 g/mol. The van der Waals surface area contributed by atoms with Crippen molar-refractivity contribution in [2.75, 3.05) is 4.90 Å². The van der Waals surface area contributed by atoms with Crippen molar-refractivity contribution in [3.8, 4) is 0 Å². The first-order valence-electron chi connectivity index (χ1n) is 9.56. The summed E-state index contributed by atoms with van der Waals surface area (Å²) in [5.41, 5.74) is 2.17. The molecule has 1 aliphatic rings. The number of hydrogen-bond acceptors (Lipinski definition) is 5. The van der Waals surface area contributed by atoms with Crippen LogP contribution < -0.4 is 4.90 Å². The minimum Gasteiger partial charge on any atom is -0.507 e. The number of hydrogen-bond donors (Lipinski definition) is 1. The Bertz CT molecular complexity index is 1200. The average molecular weight is 414 g/mol. The lowest BCUT2D eigenvalue weighted by atomic mass is 9.94. The van der Waals surface area contributed by atoms with E-state index in [1.54, 1.807) is 54.6 Å². The standard InChI is InChI=1S/C24H18N2O5/c1-15-7-9-17(10-8-15)22(27)20-21(16-11-13-19(14-12-16)26(30)31)25(24(29)23(20)28)18-5-3-2-4-6-18/h2-14,21,27H,1H3/b22-20+. The summed E-state index contributed by atoms with van der Waals surface area (Å²) < 4.78 is 0. The van der Waals surface area contributed by atoms with E-state index in [9.17, 15) is 24.8 Å². The lowest BCUT2D eigenvalue weighted by Gasteiger charge is -2.25. The van der Waals surface area contributed by atoms with Gasteiger partial charge in [0.25, 0.3) is 17.4 Å². The van der Waals surface area contributed by atoms with Crippen LogP contribution in [0.25, 0.3) is 5.76 Å². The highest BCUT2D eigenvalue weighted by atomic mass is 16.6. The molecule has 1 N–H and O–H groups in total. The molecular formula is C24H18N2O5. The molecule has 1 aliphatic heterocycles. The second kappa shape index (κ2) is 7.87. The summed E-state index contributed by atoms with van der Waals surface area (Å²) in [6, 6.07) is 20.3. The van der Waals surface area contributed by atoms with Crippen LogP contribution in [-0.2, 0) is 9.59 Å². The molecule has 154 valence electrons. The minimum atomic E-state index is -0.926. The molecule has 1 saturated heterocycles. The third-order valence-electron chi connectivity index (χ3n) is 5.22. The summed E-state index contributed by atoms with van der Waals surface area (Å²) in [6.07, 6.45) is 0. The Morgan fingerprint density at radius 3 is 2.13 bits per heavy atom. The zero-order valence-electron chi connectivity index (χ0n) is 16.6. The van der Waals surface area contributed by atoms with Crippen LogP contribution in [0.1, 0.15) is 22.7 Å². The van der Waals surface area contributed by atoms with Crippen LogP contribution in [-0.4, -0.2) is 21.7 Å². The Hall–Kier alpha value is -4.26. The summed E-state index contributed by atoms with van der Waals surface area (Å²) in [5, 5.41) is 22.1. The third kappa shape index (κ3) is 3.57. The van der Waals surface area contributed by atoms with Gasteiger partial charge in [0.15, 0.2) is 0 Å². The smallest absolute Gasteiger partial charge is 0.300 e. The predicted octanol–water partition coefficient (Wildman–Crippen LogP) is 4.53. The molecule has 0 spiro atoms. The number of Topliss-reactive ketones (excluding diaryl/α,β-unsaturated/α-hetero) is 1. The molecule has 0 saturated carbocycles.